The van der Waals surface area contributed by atoms with Crippen LogP contribution in [0, 0.1) is 0 Å². The Morgan fingerprint density at radius 1 is 1.38 bits per heavy atom. The van der Waals surface area contributed by atoms with E-state index in [4.69, 9.17) is 4.42 Å². The highest BCUT2D eigenvalue weighted by Gasteiger charge is 2.02. The highest BCUT2D eigenvalue weighted by atomic mass is 16.4. The minimum absolute atomic E-state index is 0.240. The summed E-state index contributed by atoms with van der Waals surface area (Å²) >= 11 is 0. The molecule has 2 rings (SSSR count). The van der Waals surface area contributed by atoms with Crippen LogP contribution in [0.15, 0.2) is 33.5 Å². The normalized spacial score (nSPS) is 10.2. The molecule has 0 unspecified atom stereocenters. The van der Waals surface area contributed by atoms with Gasteiger partial charge in [-0.25, -0.2) is 0 Å². The van der Waals surface area contributed by atoms with Crippen molar-refractivity contribution in [3.05, 3.63) is 34.6 Å². The second-order valence-electron chi connectivity index (χ2n) is 2.57. The number of anilines is 1. The molecular formula is C9H8N2O2. The second-order valence-corrected chi connectivity index (χ2v) is 2.57. The van der Waals surface area contributed by atoms with Crippen LogP contribution in [-0.4, -0.2) is 12.0 Å². The highest BCUT2D eigenvalue weighted by molar-refractivity contribution is 5.75. The summed E-state index contributed by atoms with van der Waals surface area (Å²) in [7, 11) is 1.65. The largest absolute Gasteiger partial charge is 0.425 e. The zero-order chi connectivity index (χ0) is 9.26. The summed E-state index contributed by atoms with van der Waals surface area (Å²) in [6.07, 6.45) is 0. The van der Waals surface area contributed by atoms with E-state index in [1.807, 2.05) is 6.07 Å². The van der Waals surface area contributed by atoms with Gasteiger partial charge in [0.25, 0.3) is 11.6 Å². The van der Waals surface area contributed by atoms with E-state index in [9.17, 15) is 4.79 Å². The fourth-order valence-electron chi connectivity index (χ4n) is 1.12. The van der Waals surface area contributed by atoms with E-state index in [1.165, 1.54) is 0 Å². The van der Waals surface area contributed by atoms with Gasteiger partial charge in [0.1, 0.15) is 5.58 Å². The Kier molecular flexibility index (Phi) is 1.73. The number of para-hydroxylation sites is 1. The number of nitrogens with zero attached hydrogens (tertiary/aromatic N) is 1. The molecule has 66 valence electrons. The lowest BCUT2D eigenvalue weighted by molar-refractivity contribution is 0.596. The smallest absolute Gasteiger partial charge is 0.298 e. The lowest BCUT2D eigenvalue weighted by atomic mass is 10.3. The first-order valence-corrected chi connectivity index (χ1v) is 3.89. The first kappa shape index (κ1) is 7.79. The lowest BCUT2D eigenvalue weighted by Crippen LogP contribution is -2.08. The van der Waals surface area contributed by atoms with E-state index >= 15 is 0 Å². The minimum Gasteiger partial charge on any atom is -0.425 e. The van der Waals surface area contributed by atoms with Crippen molar-refractivity contribution in [3.8, 4) is 0 Å². The zero-order valence-electron chi connectivity index (χ0n) is 7.07. The van der Waals surface area contributed by atoms with E-state index in [2.05, 4.69) is 10.3 Å². The third kappa shape index (κ3) is 1.26. The lowest BCUT2D eigenvalue weighted by Gasteiger charge is -1.98. The standard InChI is InChI=1S/C9H8N2O2/c1-10-9-11-8(12)6-4-2-3-5-7(6)13-9/h2-5H,1H3,(H,10,11,12). The van der Waals surface area contributed by atoms with Gasteiger partial charge in [0, 0.05) is 7.05 Å². The van der Waals surface area contributed by atoms with E-state index < -0.39 is 0 Å². The molecule has 0 amide bonds. The summed E-state index contributed by atoms with van der Waals surface area (Å²) in [5, 5.41) is 3.18. The molecule has 4 nitrogen and oxygen atoms in total. The number of aromatic nitrogens is 1. The first-order chi connectivity index (χ1) is 6.31. The maximum Gasteiger partial charge on any atom is 0.298 e. The average Bonchev–Trinajstić information content (AvgIpc) is 2.18. The van der Waals surface area contributed by atoms with Crippen LogP contribution in [0.25, 0.3) is 11.0 Å². The third-order valence-electron chi connectivity index (χ3n) is 1.74. The van der Waals surface area contributed by atoms with Crippen LogP contribution in [0.4, 0.5) is 6.01 Å². The van der Waals surface area contributed by atoms with Crippen molar-refractivity contribution in [2.45, 2.75) is 0 Å². The topological polar surface area (TPSA) is 55.1 Å². The molecule has 1 N–H and O–H groups in total. The van der Waals surface area contributed by atoms with Crippen molar-refractivity contribution < 1.29 is 4.42 Å². The summed E-state index contributed by atoms with van der Waals surface area (Å²) in [6, 6.07) is 7.25. The number of hydrogen-bond acceptors (Lipinski definition) is 4. The van der Waals surface area contributed by atoms with Gasteiger partial charge in [-0.15, -0.1) is 0 Å². The third-order valence-corrected chi connectivity index (χ3v) is 1.74. The van der Waals surface area contributed by atoms with E-state index in [0.717, 1.165) is 0 Å². The van der Waals surface area contributed by atoms with Crippen molar-refractivity contribution >= 4 is 17.0 Å². The maximum atomic E-state index is 11.3. The van der Waals surface area contributed by atoms with Crippen LogP contribution in [0.3, 0.4) is 0 Å². The molecule has 0 spiro atoms. The van der Waals surface area contributed by atoms with Gasteiger partial charge >= 0.3 is 0 Å². The Labute approximate surface area is 74.2 Å². The van der Waals surface area contributed by atoms with E-state index in [1.54, 1.807) is 25.2 Å². The summed E-state index contributed by atoms with van der Waals surface area (Å²) in [5.41, 5.74) is 0.276. The summed E-state index contributed by atoms with van der Waals surface area (Å²) in [4.78, 5) is 15.0. The van der Waals surface area contributed by atoms with Gasteiger partial charge in [0.2, 0.25) is 0 Å². The van der Waals surface area contributed by atoms with Gasteiger partial charge < -0.3 is 9.73 Å². The maximum absolute atomic E-state index is 11.3. The van der Waals surface area contributed by atoms with Crippen LogP contribution in [-0.2, 0) is 0 Å². The van der Waals surface area contributed by atoms with Crippen molar-refractivity contribution in [1.29, 1.82) is 0 Å². The monoisotopic (exact) mass is 176 g/mol. The Balaban J connectivity index is 2.85. The van der Waals surface area contributed by atoms with Gasteiger partial charge in [-0.2, -0.15) is 4.98 Å². The molecule has 1 heterocycles. The SMILES string of the molecule is CNc1nc(=O)c2ccccc2o1. The van der Waals surface area contributed by atoms with Crippen LogP contribution < -0.4 is 10.9 Å². The van der Waals surface area contributed by atoms with E-state index in [0.29, 0.717) is 11.0 Å². The molecule has 2 aromatic rings. The number of benzene rings is 1. The molecule has 0 radical (unpaired) electrons. The molecule has 0 atom stereocenters. The fourth-order valence-corrected chi connectivity index (χ4v) is 1.12. The van der Waals surface area contributed by atoms with Crippen LogP contribution in [0.2, 0.25) is 0 Å². The van der Waals surface area contributed by atoms with Crippen LogP contribution in [0.1, 0.15) is 0 Å². The van der Waals surface area contributed by atoms with Gasteiger partial charge in [0.05, 0.1) is 5.39 Å². The Morgan fingerprint density at radius 3 is 2.92 bits per heavy atom. The number of hydrogen-bond donors (Lipinski definition) is 1. The Bertz CT molecular complexity index is 490. The molecule has 0 fully saturated rings. The number of nitrogens with one attached hydrogen (secondary N) is 1. The molecule has 0 aliphatic heterocycles. The van der Waals surface area contributed by atoms with Crippen LogP contribution >= 0.6 is 0 Å². The number of fused-ring (bicyclic) bond motifs is 1. The molecule has 1 aromatic heterocycles. The molecular weight excluding hydrogens is 168 g/mol. The van der Waals surface area contributed by atoms with Crippen molar-refractivity contribution in [3.63, 3.8) is 0 Å². The molecule has 0 aliphatic rings. The summed E-state index contributed by atoms with van der Waals surface area (Å²) in [5.74, 6) is 0. The van der Waals surface area contributed by atoms with Gasteiger partial charge in [-0.3, -0.25) is 4.79 Å². The van der Waals surface area contributed by atoms with Gasteiger partial charge in [-0.1, -0.05) is 12.1 Å². The Morgan fingerprint density at radius 2 is 2.15 bits per heavy atom. The average molecular weight is 176 g/mol. The van der Waals surface area contributed by atoms with Crippen LogP contribution in [0.5, 0.6) is 0 Å². The predicted molar refractivity (Wildman–Crippen MR) is 49.8 cm³/mol. The number of rotatable bonds is 1. The van der Waals surface area contributed by atoms with Crippen molar-refractivity contribution in [1.82, 2.24) is 4.98 Å². The summed E-state index contributed by atoms with van der Waals surface area (Å²) in [6.45, 7) is 0. The molecule has 4 heteroatoms. The van der Waals surface area contributed by atoms with E-state index in [-0.39, 0.29) is 11.6 Å². The van der Waals surface area contributed by atoms with Gasteiger partial charge in [-0.05, 0) is 12.1 Å². The first-order valence-electron chi connectivity index (χ1n) is 3.89. The molecule has 0 aliphatic carbocycles. The van der Waals surface area contributed by atoms with Crippen molar-refractivity contribution in [2.75, 3.05) is 12.4 Å². The predicted octanol–water partition coefficient (Wildman–Crippen LogP) is 1.23. The molecule has 1 aromatic carbocycles. The van der Waals surface area contributed by atoms with Crippen molar-refractivity contribution in [2.24, 2.45) is 0 Å². The minimum atomic E-state index is -0.272. The molecule has 13 heavy (non-hydrogen) atoms. The highest BCUT2D eigenvalue weighted by Crippen LogP contribution is 2.11. The van der Waals surface area contributed by atoms with Gasteiger partial charge in [0.15, 0.2) is 0 Å². The zero-order valence-corrected chi connectivity index (χ0v) is 7.07. The fraction of sp³-hybridized carbons (Fsp3) is 0.111. The molecule has 0 bridgehead atoms. The molecule has 0 saturated heterocycles. The Hall–Kier alpha value is -1.84. The second kappa shape index (κ2) is 2.90. The molecule has 0 saturated carbocycles. The summed E-state index contributed by atoms with van der Waals surface area (Å²) < 4.78 is 5.27. The quantitative estimate of drug-likeness (QED) is 0.710.